The standard InChI is InChI=1S/C14H29NO2/c1-10(12(16)17-14(6,7)8)15(9)11(2)13(3,4)5/h10-11H,1-9H3. The molecule has 0 bridgehead atoms. The quantitative estimate of drug-likeness (QED) is 0.713. The summed E-state index contributed by atoms with van der Waals surface area (Å²) in [4.78, 5) is 14.0. The smallest absolute Gasteiger partial charge is 0.323 e. The molecule has 0 aromatic rings. The Balaban J connectivity index is 4.61. The number of ether oxygens (including phenoxy) is 1. The molecule has 3 heteroatoms. The van der Waals surface area contributed by atoms with Crippen LogP contribution in [0.2, 0.25) is 0 Å². The second kappa shape index (κ2) is 5.38. The van der Waals surface area contributed by atoms with Crippen LogP contribution in [0.1, 0.15) is 55.4 Å². The highest BCUT2D eigenvalue weighted by molar-refractivity contribution is 5.75. The zero-order chi connectivity index (χ0) is 14.0. The van der Waals surface area contributed by atoms with Crippen molar-refractivity contribution in [1.82, 2.24) is 4.90 Å². The van der Waals surface area contributed by atoms with Crippen molar-refractivity contribution in [2.24, 2.45) is 5.41 Å². The Morgan fingerprint density at radius 1 is 1.06 bits per heavy atom. The van der Waals surface area contributed by atoms with Crippen LogP contribution in [0.15, 0.2) is 0 Å². The molecule has 0 aromatic heterocycles. The van der Waals surface area contributed by atoms with Crippen molar-refractivity contribution in [2.45, 2.75) is 73.1 Å². The Labute approximate surface area is 107 Å². The van der Waals surface area contributed by atoms with E-state index in [0.717, 1.165) is 0 Å². The number of carbonyl (C=O) groups is 1. The van der Waals surface area contributed by atoms with E-state index >= 15 is 0 Å². The van der Waals surface area contributed by atoms with Crippen molar-refractivity contribution in [2.75, 3.05) is 7.05 Å². The first-order chi connectivity index (χ1) is 7.36. The summed E-state index contributed by atoms with van der Waals surface area (Å²) in [5.41, 5.74) is -0.276. The lowest BCUT2D eigenvalue weighted by Gasteiger charge is -2.38. The van der Waals surface area contributed by atoms with Crippen LogP contribution < -0.4 is 0 Å². The van der Waals surface area contributed by atoms with E-state index in [-0.39, 0.29) is 17.4 Å². The van der Waals surface area contributed by atoms with Gasteiger partial charge in [0.1, 0.15) is 11.6 Å². The third-order valence-corrected chi connectivity index (χ3v) is 3.22. The van der Waals surface area contributed by atoms with E-state index in [0.29, 0.717) is 6.04 Å². The molecular formula is C14H29NO2. The first-order valence-electron chi connectivity index (χ1n) is 6.31. The summed E-state index contributed by atoms with van der Waals surface area (Å²) in [7, 11) is 1.98. The van der Waals surface area contributed by atoms with Crippen molar-refractivity contribution in [3.05, 3.63) is 0 Å². The van der Waals surface area contributed by atoms with Gasteiger partial charge < -0.3 is 4.74 Å². The van der Waals surface area contributed by atoms with E-state index in [1.54, 1.807) is 0 Å². The van der Waals surface area contributed by atoms with E-state index < -0.39 is 5.60 Å². The molecule has 0 saturated carbocycles. The molecule has 0 saturated heterocycles. The normalized spacial score (nSPS) is 16.8. The maximum Gasteiger partial charge on any atom is 0.323 e. The summed E-state index contributed by atoms with van der Waals surface area (Å²) >= 11 is 0. The highest BCUT2D eigenvalue weighted by Gasteiger charge is 2.31. The molecule has 3 nitrogen and oxygen atoms in total. The second-order valence-corrected chi connectivity index (χ2v) is 6.92. The summed E-state index contributed by atoms with van der Waals surface area (Å²) in [6, 6.07) is 0.0912. The Kier molecular flexibility index (Phi) is 5.20. The molecule has 0 radical (unpaired) electrons. The Morgan fingerprint density at radius 3 is 1.76 bits per heavy atom. The summed E-state index contributed by atoms with van der Waals surface area (Å²) in [5, 5.41) is 0. The van der Waals surface area contributed by atoms with Crippen LogP contribution in [0.25, 0.3) is 0 Å². The topological polar surface area (TPSA) is 29.5 Å². The summed E-state index contributed by atoms with van der Waals surface area (Å²) < 4.78 is 5.40. The molecule has 0 spiro atoms. The van der Waals surface area contributed by atoms with Crippen LogP contribution in [-0.2, 0) is 9.53 Å². The maximum atomic E-state index is 12.0. The Morgan fingerprint density at radius 2 is 1.47 bits per heavy atom. The summed E-state index contributed by atoms with van der Waals surface area (Å²) in [6.07, 6.45) is 0. The van der Waals surface area contributed by atoms with Crippen molar-refractivity contribution in [3.8, 4) is 0 Å². The van der Waals surface area contributed by atoms with E-state index in [1.807, 2.05) is 34.7 Å². The van der Waals surface area contributed by atoms with Gasteiger partial charge in [-0.3, -0.25) is 9.69 Å². The molecule has 0 fully saturated rings. The molecule has 0 amide bonds. The molecule has 0 N–H and O–H groups in total. The molecule has 0 rings (SSSR count). The highest BCUT2D eigenvalue weighted by atomic mass is 16.6. The number of hydrogen-bond donors (Lipinski definition) is 0. The molecule has 2 atom stereocenters. The van der Waals surface area contributed by atoms with Gasteiger partial charge in [0.25, 0.3) is 0 Å². The third kappa shape index (κ3) is 5.53. The Hall–Kier alpha value is -0.570. The maximum absolute atomic E-state index is 12.0. The number of esters is 1. The average molecular weight is 243 g/mol. The van der Waals surface area contributed by atoms with Gasteiger partial charge in [-0.15, -0.1) is 0 Å². The monoisotopic (exact) mass is 243 g/mol. The lowest BCUT2D eigenvalue weighted by Crippen LogP contribution is -2.48. The van der Waals surface area contributed by atoms with Gasteiger partial charge in [-0.05, 0) is 47.1 Å². The molecule has 0 aliphatic heterocycles. The molecule has 0 aromatic carbocycles. The number of likely N-dealkylation sites (N-methyl/N-ethyl adjacent to an activating group) is 1. The van der Waals surface area contributed by atoms with Gasteiger partial charge in [0.15, 0.2) is 0 Å². The minimum absolute atomic E-state index is 0.144. The fourth-order valence-corrected chi connectivity index (χ4v) is 1.50. The lowest BCUT2D eigenvalue weighted by molar-refractivity contribution is -0.161. The minimum atomic E-state index is -0.419. The van der Waals surface area contributed by atoms with Gasteiger partial charge in [-0.25, -0.2) is 0 Å². The van der Waals surface area contributed by atoms with Gasteiger partial charge >= 0.3 is 5.97 Å². The first-order valence-corrected chi connectivity index (χ1v) is 6.31. The zero-order valence-corrected chi connectivity index (χ0v) is 12.9. The molecule has 0 aliphatic rings. The van der Waals surface area contributed by atoms with E-state index in [1.165, 1.54) is 0 Å². The number of nitrogens with zero attached hydrogens (tertiary/aromatic N) is 1. The van der Waals surface area contributed by atoms with Crippen LogP contribution in [0.3, 0.4) is 0 Å². The molecule has 0 aliphatic carbocycles. The van der Waals surface area contributed by atoms with Crippen LogP contribution in [0.4, 0.5) is 0 Å². The lowest BCUT2D eigenvalue weighted by atomic mass is 9.86. The van der Waals surface area contributed by atoms with Crippen molar-refractivity contribution in [1.29, 1.82) is 0 Å². The molecular weight excluding hydrogens is 214 g/mol. The van der Waals surface area contributed by atoms with Crippen LogP contribution in [-0.4, -0.2) is 35.6 Å². The fraction of sp³-hybridized carbons (Fsp3) is 0.929. The number of rotatable bonds is 3. The summed E-state index contributed by atoms with van der Waals surface area (Å²) in [5.74, 6) is -0.156. The average Bonchev–Trinajstić information content (AvgIpc) is 2.10. The van der Waals surface area contributed by atoms with Crippen LogP contribution in [0, 0.1) is 5.41 Å². The number of carbonyl (C=O) groups excluding carboxylic acids is 1. The minimum Gasteiger partial charge on any atom is -0.459 e. The largest absolute Gasteiger partial charge is 0.459 e. The van der Waals surface area contributed by atoms with Gasteiger partial charge in [0.2, 0.25) is 0 Å². The predicted molar refractivity (Wildman–Crippen MR) is 72.0 cm³/mol. The van der Waals surface area contributed by atoms with Gasteiger partial charge in [0, 0.05) is 6.04 Å². The molecule has 2 unspecified atom stereocenters. The predicted octanol–water partition coefficient (Wildman–Crippen LogP) is 3.08. The van der Waals surface area contributed by atoms with E-state index in [2.05, 4.69) is 32.6 Å². The van der Waals surface area contributed by atoms with E-state index in [4.69, 9.17) is 4.74 Å². The van der Waals surface area contributed by atoms with Crippen molar-refractivity contribution >= 4 is 5.97 Å². The first kappa shape index (κ1) is 16.4. The fourth-order valence-electron chi connectivity index (χ4n) is 1.50. The second-order valence-electron chi connectivity index (χ2n) is 6.92. The van der Waals surface area contributed by atoms with Gasteiger partial charge in [-0.2, -0.15) is 0 Å². The van der Waals surface area contributed by atoms with Crippen molar-refractivity contribution < 1.29 is 9.53 Å². The van der Waals surface area contributed by atoms with Crippen LogP contribution >= 0.6 is 0 Å². The highest BCUT2D eigenvalue weighted by Crippen LogP contribution is 2.25. The van der Waals surface area contributed by atoms with Gasteiger partial charge in [0.05, 0.1) is 0 Å². The zero-order valence-electron chi connectivity index (χ0n) is 12.9. The van der Waals surface area contributed by atoms with E-state index in [9.17, 15) is 4.79 Å². The molecule has 17 heavy (non-hydrogen) atoms. The SMILES string of the molecule is CC(C(=O)OC(C)(C)C)N(C)C(C)C(C)(C)C. The number of hydrogen-bond acceptors (Lipinski definition) is 3. The van der Waals surface area contributed by atoms with Crippen LogP contribution in [0.5, 0.6) is 0 Å². The van der Waals surface area contributed by atoms with Gasteiger partial charge in [-0.1, -0.05) is 20.8 Å². The molecule has 102 valence electrons. The Bertz CT molecular complexity index is 260. The van der Waals surface area contributed by atoms with Crippen molar-refractivity contribution in [3.63, 3.8) is 0 Å². The molecule has 0 heterocycles. The third-order valence-electron chi connectivity index (χ3n) is 3.22. The summed E-state index contributed by atoms with van der Waals surface area (Å²) in [6.45, 7) is 16.2.